The zero-order valence-electron chi connectivity index (χ0n) is 12.3. The van der Waals surface area contributed by atoms with Crippen LogP contribution in [0.25, 0.3) is 0 Å². The molecule has 0 amide bonds. The summed E-state index contributed by atoms with van der Waals surface area (Å²) in [5.74, 6) is -0.518. The number of aliphatic carboxylic acids is 1. The van der Waals surface area contributed by atoms with E-state index in [-0.39, 0.29) is 30.3 Å². The highest BCUT2D eigenvalue weighted by Crippen LogP contribution is 2.60. The summed E-state index contributed by atoms with van der Waals surface area (Å²) in [7, 11) is 0. The molecule has 1 fully saturated rings. The molecule has 0 aromatic heterocycles. The standard InChI is InChI=1S/C16H24O4/c1-11-6-7-16(10-18)12(9-17)4-3-5-13(16)15(11,2)8-14(19)20/h4,10-11,13,17H,3,5-9H2,1-2H3,(H,19,20)/t11-,13-,15+,16+/m1/s1. The van der Waals surface area contributed by atoms with Crippen LogP contribution in [0.4, 0.5) is 0 Å². The fourth-order valence-electron chi connectivity index (χ4n) is 4.53. The Morgan fingerprint density at radius 1 is 1.50 bits per heavy atom. The molecule has 4 nitrogen and oxygen atoms in total. The van der Waals surface area contributed by atoms with Gasteiger partial charge in [-0.1, -0.05) is 19.9 Å². The maximum Gasteiger partial charge on any atom is 0.303 e. The van der Waals surface area contributed by atoms with E-state index in [4.69, 9.17) is 0 Å². The summed E-state index contributed by atoms with van der Waals surface area (Å²) >= 11 is 0. The van der Waals surface area contributed by atoms with Gasteiger partial charge in [-0.2, -0.15) is 0 Å². The van der Waals surface area contributed by atoms with Crippen LogP contribution in [0.5, 0.6) is 0 Å². The normalized spacial score (nSPS) is 40.6. The summed E-state index contributed by atoms with van der Waals surface area (Å²) in [6.45, 7) is 4.00. The van der Waals surface area contributed by atoms with Crippen LogP contribution < -0.4 is 0 Å². The van der Waals surface area contributed by atoms with Gasteiger partial charge in [0.15, 0.2) is 0 Å². The molecule has 0 aromatic rings. The summed E-state index contributed by atoms with van der Waals surface area (Å²) < 4.78 is 0. The van der Waals surface area contributed by atoms with Crippen LogP contribution >= 0.6 is 0 Å². The van der Waals surface area contributed by atoms with Crippen LogP contribution in [0.15, 0.2) is 11.6 Å². The average Bonchev–Trinajstić information content (AvgIpc) is 2.42. The maximum absolute atomic E-state index is 11.9. The number of allylic oxidation sites excluding steroid dienone is 1. The van der Waals surface area contributed by atoms with Gasteiger partial charge in [-0.3, -0.25) is 4.79 Å². The van der Waals surface area contributed by atoms with Crippen molar-refractivity contribution in [3.63, 3.8) is 0 Å². The monoisotopic (exact) mass is 280 g/mol. The van der Waals surface area contributed by atoms with Gasteiger partial charge in [-0.05, 0) is 48.5 Å². The number of carbonyl (C=O) groups excluding carboxylic acids is 1. The Morgan fingerprint density at radius 3 is 2.75 bits per heavy atom. The molecule has 4 atom stereocenters. The van der Waals surface area contributed by atoms with Crippen molar-refractivity contribution in [1.82, 2.24) is 0 Å². The molecule has 0 bridgehead atoms. The first-order chi connectivity index (χ1) is 9.40. The van der Waals surface area contributed by atoms with E-state index in [9.17, 15) is 19.8 Å². The van der Waals surface area contributed by atoms with E-state index in [2.05, 4.69) is 6.92 Å². The van der Waals surface area contributed by atoms with E-state index in [1.807, 2.05) is 13.0 Å². The second kappa shape index (κ2) is 5.32. The van der Waals surface area contributed by atoms with Crippen molar-refractivity contribution < 1.29 is 19.8 Å². The van der Waals surface area contributed by atoms with Gasteiger partial charge in [0.25, 0.3) is 0 Å². The minimum absolute atomic E-state index is 0.0134. The third-order valence-corrected chi connectivity index (χ3v) is 5.89. The molecular formula is C16H24O4. The van der Waals surface area contributed by atoms with Crippen molar-refractivity contribution in [3.8, 4) is 0 Å². The lowest BCUT2D eigenvalue weighted by molar-refractivity contribution is -0.149. The molecule has 0 aromatic carbocycles. The molecule has 2 aliphatic rings. The number of rotatable bonds is 4. The molecule has 112 valence electrons. The first-order valence-corrected chi connectivity index (χ1v) is 7.39. The van der Waals surface area contributed by atoms with Crippen molar-refractivity contribution in [1.29, 1.82) is 0 Å². The summed E-state index contributed by atoms with van der Waals surface area (Å²) in [4.78, 5) is 23.2. The topological polar surface area (TPSA) is 74.6 Å². The van der Waals surface area contributed by atoms with Crippen LogP contribution in [0.2, 0.25) is 0 Å². The van der Waals surface area contributed by atoms with Crippen molar-refractivity contribution in [2.45, 2.75) is 46.0 Å². The van der Waals surface area contributed by atoms with Gasteiger partial charge in [0, 0.05) is 0 Å². The Hall–Kier alpha value is -1.16. The fourth-order valence-corrected chi connectivity index (χ4v) is 4.53. The number of hydrogen-bond acceptors (Lipinski definition) is 3. The molecule has 0 saturated heterocycles. The van der Waals surface area contributed by atoms with Gasteiger partial charge in [0.2, 0.25) is 0 Å². The van der Waals surface area contributed by atoms with Crippen molar-refractivity contribution in [2.75, 3.05) is 6.61 Å². The fraction of sp³-hybridized carbons (Fsp3) is 0.750. The van der Waals surface area contributed by atoms with Crippen molar-refractivity contribution >= 4 is 12.3 Å². The van der Waals surface area contributed by atoms with E-state index in [0.29, 0.717) is 0 Å². The smallest absolute Gasteiger partial charge is 0.303 e. The lowest BCUT2D eigenvalue weighted by Gasteiger charge is -2.56. The quantitative estimate of drug-likeness (QED) is 0.612. The number of aliphatic hydroxyl groups is 1. The predicted molar refractivity (Wildman–Crippen MR) is 75.1 cm³/mol. The zero-order valence-corrected chi connectivity index (χ0v) is 12.3. The highest BCUT2D eigenvalue weighted by Gasteiger charge is 2.56. The molecule has 2 rings (SSSR count). The van der Waals surface area contributed by atoms with Crippen LogP contribution in [0, 0.1) is 22.7 Å². The first-order valence-electron chi connectivity index (χ1n) is 7.39. The SMILES string of the molecule is C[C@@H]1CC[C@]2(C=O)C(CO)=CCC[C@@H]2[C@@]1(C)CC(=O)O. The molecule has 0 heterocycles. The van der Waals surface area contributed by atoms with Gasteiger partial charge in [-0.15, -0.1) is 0 Å². The molecule has 2 N–H and O–H groups in total. The third kappa shape index (κ3) is 2.10. The average molecular weight is 280 g/mol. The van der Waals surface area contributed by atoms with E-state index >= 15 is 0 Å². The number of fused-ring (bicyclic) bond motifs is 1. The summed E-state index contributed by atoms with van der Waals surface area (Å²) in [5, 5.41) is 18.9. The van der Waals surface area contributed by atoms with E-state index in [1.165, 1.54) is 0 Å². The zero-order chi connectivity index (χ0) is 15.0. The summed E-state index contributed by atoms with van der Waals surface area (Å²) in [5.41, 5.74) is -0.240. The Morgan fingerprint density at radius 2 is 2.20 bits per heavy atom. The Labute approximate surface area is 119 Å². The summed E-state index contributed by atoms with van der Waals surface area (Å²) in [6, 6.07) is 0. The number of aldehydes is 1. The van der Waals surface area contributed by atoms with Gasteiger partial charge in [-0.25, -0.2) is 0 Å². The molecule has 2 aliphatic carbocycles. The predicted octanol–water partition coefficient (Wildman–Crippen LogP) is 2.41. The van der Waals surface area contributed by atoms with Crippen molar-refractivity contribution in [2.24, 2.45) is 22.7 Å². The largest absolute Gasteiger partial charge is 0.481 e. The molecule has 20 heavy (non-hydrogen) atoms. The number of carboxylic acids is 1. The Kier molecular flexibility index (Phi) is 4.05. The van der Waals surface area contributed by atoms with Crippen LogP contribution in [-0.4, -0.2) is 29.1 Å². The minimum Gasteiger partial charge on any atom is -0.481 e. The van der Waals surface area contributed by atoms with Crippen molar-refractivity contribution in [3.05, 3.63) is 11.6 Å². The second-order valence-corrected chi connectivity index (χ2v) is 6.69. The Bertz CT molecular complexity index is 442. The second-order valence-electron chi connectivity index (χ2n) is 6.69. The number of hydrogen-bond donors (Lipinski definition) is 2. The van der Waals surface area contributed by atoms with Gasteiger partial charge < -0.3 is 15.0 Å². The molecule has 1 saturated carbocycles. The summed E-state index contributed by atoms with van der Waals surface area (Å²) in [6.07, 6.45) is 6.24. The van der Waals surface area contributed by atoms with Gasteiger partial charge in [0.05, 0.1) is 18.4 Å². The van der Waals surface area contributed by atoms with Crippen LogP contribution in [0.3, 0.4) is 0 Å². The molecule has 4 heteroatoms. The highest BCUT2D eigenvalue weighted by molar-refractivity contribution is 5.70. The molecule has 0 unspecified atom stereocenters. The first kappa shape index (κ1) is 15.2. The number of aliphatic hydroxyl groups excluding tert-OH is 1. The molecular weight excluding hydrogens is 256 g/mol. The minimum atomic E-state index is -0.804. The molecule has 0 radical (unpaired) electrons. The van der Waals surface area contributed by atoms with E-state index in [0.717, 1.165) is 37.5 Å². The highest BCUT2D eigenvalue weighted by atomic mass is 16.4. The van der Waals surface area contributed by atoms with Crippen LogP contribution in [-0.2, 0) is 9.59 Å². The number of carboxylic acid groups (broad SMARTS) is 1. The third-order valence-electron chi connectivity index (χ3n) is 5.89. The Balaban J connectivity index is 2.48. The lowest BCUT2D eigenvalue weighted by atomic mass is 9.47. The molecule has 0 spiro atoms. The lowest BCUT2D eigenvalue weighted by Crippen LogP contribution is -2.53. The maximum atomic E-state index is 11.9. The number of carbonyl (C=O) groups is 2. The van der Waals surface area contributed by atoms with Gasteiger partial charge in [0.1, 0.15) is 6.29 Å². The van der Waals surface area contributed by atoms with E-state index in [1.54, 1.807) is 0 Å². The molecule has 0 aliphatic heterocycles. The van der Waals surface area contributed by atoms with Gasteiger partial charge >= 0.3 is 5.97 Å². The van der Waals surface area contributed by atoms with Crippen LogP contribution in [0.1, 0.15) is 46.0 Å². The van der Waals surface area contributed by atoms with E-state index < -0.39 is 11.4 Å².